The molecule has 18 heavy (non-hydrogen) atoms. The van der Waals surface area contributed by atoms with Crippen LogP contribution < -0.4 is 10.7 Å². The van der Waals surface area contributed by atoms with Gasteiger partial charge in [0.05, 0.1) is 6.54 Å². The first kappa shape index (κ1) is 12.0. The zero-order valence-corrected chi connectivity index (χ0v) is 9.98. The molecule has 0 aliphatic rings. The number of amides is 1. The van der Waals surface area contributed by atoms with E-state index < -0.39 is 5.91 Å². The van der Waals surface area contributed by atoms with E-state index >= 15 is 0 Å². The summed E-state index contributed by atoms with van der Waals surface area (Å²) in [5.41, 5.74) is 0.430. The van der Waals surface area contributed by atoms with Crippen LogP contribution in [-0.4, -0.2) is 21.0 Å². The van der Waals surface area contributed by atoms with Crippen molar-refractivity contribution in [3.05, 3.63) is 45.5 Å². The van der Waals surface area contributed by atoms with E-state index in [1.54, 1.807) is 13.8 Å². The molecule has 0 fully saturated rings. The molecule has 0 aliphatic heterocycles. The van der Waals surface area contributed by atoms with Crippen LogP contribution in [0, 0.1) is 13.8 Å². The summed E-state index contributed by atoms with van der Waals surface area (Å²) in [6.07, 6.45) is 1.38. The van der Waals surface area contributed by atoms with Gasteiger partial charge in [-0.3, -0.25) is 9.59 Å². The number of aromatic nitrogens is 3. The second-order valence-corrected chi connectivity index (χ2v) is 3.81. The van der Waals surface area contributed by atoms with E-state index in [-0.39, 0.29) is 17.5 Å². The molecule has 7 heteroatoms. The number of aromatic amines is 1. The molecule has 2 heterocycles. The Bertz CT molecular complexity index is 629. The van der Waals surface area contributed by atoms with Crippen LogP contribution in [0.4, 0.5) is 0 Å². The van der Waals surface area contributed by atoms with Gasteiger partial charge in [-0.15, -0.1) is 0 Å². The van der Waals surface area contributed by atoms with E-state index in [1.807, 2.05) is 0 Å². The minimum absolute atomic E-state index is 0.0563. The van der Waals surface area contributed by atoms with Crippen molar-refractivity contribution in [2.45, 2.75) is 20.4 Å². The predicted molar refractivity (Wildman–Crippen MR) is 62.0 cm³/mol. The molecule has 0 saturated heterocycles. The van der Waals surface area contributed by atoms with Crippen LogP contribution in [0.15, 0.2) is 21.6 Å². The summed E-state index contributed by atoms with van der Waals surface area (Å²) >= 11 is 0. The molecule has 0 radical (unpaired) electrons. The van der Waals surface area contributed by atoms with Gasteiger partial charge in [-0.1, -0.05) is 5.16 Å². The number of hydrogen-bond donors (Lipinski definition) is 2. The molecule has 0 aromatic carbocycles. The number of aryl methyl sites for hydroxylation is 2. The summed E-state index contributed by atoms with van der Waals surface area (Å²) in [4.78, 5) is 30.1. The Morgan fingerprint density at radius 1 is 1.50 bits per heavy atom. The van der Waals surface area contributed by atoms with Crippen LogP contribution in [0.5, 0.6) is 0 Å². The molecule has 7 nitrogen and oxygen atoms in total. The quantitative estimate of drug-likeness (QED) is 0.813. The molecule has 0 spiro atoms. The highest BCUT2D eigenvalue weighted by Gasteiger charge is 2.11. The van der Waals surface area contributed by atoms with Crippen LogP contribution in [0.25, 0.3) is 0 Å². The molecule has 1 amide bonds. The van der Waals surface area contributed by atoms with Gasteiger partial charge in [0.1, 0.15) is 5.56 Å². The lowest BCUT2D eigenvalue weighted by molar-refractivity contribution is 0.0948. The molecule has 0 atom stereocenters. The van der Waals surface area contributed by atoms with Crippen LogP contribution in [-0.2, 0) is 6.54 Å². The van der Waals surface area contributed by atoms with Crippen molar-refractivity contribution in [1.29, 1.82) is 0 Å². The number of carbonyl (C=O) groups excluding carboxylic acids is 1. The summed E-state index contributed by atoms with van der Waals surface area (Å²) in [5.74, 6) is 0.315. The third kappa shape index (κ3) is 2.62. The predicted octanol–water partition coefficient (Wildman–Crippen LogP) is 0.305. The van der Waals surface area contributed by atoms with E-state index in [4.69, 9.17) is 4.52 Å². The number of pyridine rings is 1. The summed E-state index contributed by atoms with van der Waals surface area (Å²) in [6, 6.07) is 1.37. The molecule has 94 valence electrons. The normalized spacial score (nSPS) is 10.3. The van der Waals surface area contributed by atoms with Gasteiger partial charge in [-0.25, -0.2) is 0 Å². The highest BCUT2D eigenvalue weighted by Crippen LogP contribution is 1.96. The van der Waals surface area contributed by atoms with Crippen molar-refractivity contribution in [2.24, 2.45) is 0 Å². The molecule has 0 unspecified atom stereocenters. The molecule has 2 N–H and O–H groups in total. The minimum atomic E-state index is -0.473. The molecule has 2 aromatic rings. The summed E-state index contributed by atoms with van der Waals surface area (Å²) in [7, 11) is 0. The van der Waals surface area contributed by atoms with Gasteiger partial charge in [0, 0.05) is 24.9 Å². The van der Waals surface area contributed by atoms with Crippen molar-refractivity contribution >= 4 is 5.91 Å². The Morgan fingerprint density at radius 2 is 2.28 bits per heavy atom. The number of nitrogens with zero attached hydrogens (tertiary/aromatic N) is 2. The van der Waals surface area contributed by atoms with Crippen LogP contribution in [0.3, 0.4) is 0 Å². The number of H-pyrrole nitrogens is 1. The zero-order valence-electron chi connectivity index (χ0n) is 9.98. The van der Waals surface area contributed by atoms with Gasteiger partial charge < -0.3 is 14.8 Å². The monoisotopic (exact) mass is 248 g/mol. The van der Waals surface area contributed by atoms with E-state index in [0.717, 1.165) is 0 Å². The number of hydrogen-bond acceptors (Lipinski definition) is 5. The number of rotatable bonds is 3. The zero-order chi connectivity index (χ0) is 13.1. The fourth-order valence-corrected chi connectivity index (χ4v) is 1.42. The largest absolute Gasteiger partial charge is 0.364 e. The molecule has 0 aliphatic carbocycles. The maximum absolute atomic E-state index is 11.7. The Kier molecular flexibility index (Phi) is 3.22. The maximum Gasteiger partial charge on any atom is 0.257 e. The fourth-order valence-electron chi connectivity index (χ4n) is 1.42. The van der Waals surface area contributed by atoms with Gasteiger partial charge >= 0.3 is 0 Å². The average molecular weight is 248 g/mol. The Balaban J connectivity index is 2.06. The highest BCUT2D eigenvalue weighted by atomic mass is 16.5. The Labute approximate surface area is 102 Å². The summed E-state index contributed by atoms with van der Waals surface area (Å²) < 4.78 is 4.76. The molecule has 0 bridgehead atoms. The van der Waals surface area contributed by atoms with E-state index in [2.05, 4.69) is 20.4 Å². The highest BCUT2D eigenvalue weighted by molar-refractivity contribution is 5.93. The van der Waals surface area contributed by atoms with Crippen molar-refractivity contribution in [3.8, 4) is 0 Å². The van der Waals surface area contributed by atoms with Gasteiger partial charge in [0.2, 0.25) is 5.89 Å². The maximum atomic E-state index is 11.7. The second kappa shape index (κ2) is 4.82. The Hall–Kier alpha value is -2.44. The summed E-state index contributed by atoms with van der Waals surface area (Å²) in [5, 5.41) is 6.18. The SMILES string of the molecule is Cc1cc(=O)c(C(=O)NCc2noc(C)n2)c[nH]1. The van der Waals surface area contributed by atoms with Gasteiger partial charge in [0.15, 0.2) is 11.3 Å². The first-order valence-corrected chi connectivity index (χ1v) is 5.33. The second-order valence-electron chi connectivity index (χ2n) is 3.81. The van der Waals surface area contributed by atoms with Crippen molar-refractivity contribution < 1.29 is 9.32 Å². The third-order valence-electron chi connectivity index (χ3n) is 2.28. The fraction of sp³-hybridized carbons (Fsp3) is 0.273. The average Bonchev–Trinajstić information content (AvgIpc) is 2.72. The van der Waals surface area contributed by atoms with Gasteiger partial charge in [-0.2, -0.15) is 4.98 Å². The van der Waals surface area contributed by atoms with Gasteiger partial charge in [0.25, 0.3) is 5.91 Å². The summed E-state index contributed by atoms with van der Waals surface area (Å²) in [6.45, 7) is 3.51. The molecule has 2 aromatic heterocycles. The van der Waals surface area contributed by atoms with Crippen LogP contribution in [0.2, 0.25) is 0 Å². The first-order chi connectivity index (χ1) is 8.56. The molecular formula is C11H12N4O3. The first-order valence-electron chi connectivity index (χ1n) is 5.33. The lowest BCUT2D eigenvalue weighted by atomic mass is 10.2. The van der Waals surface area contributed by atoms with Gasteiger partial charge in [-0.05, 0) is 6.92 Å². The van der Waals surface area contributed by atoms with Crippen molar-refractivity contribution in [2.75, 3.05) is 0 Å². The standard InChI is InChI=1S/C11H12N4O3/c1-6-3-9(16)8(4-12-6)11(17)13-5-10-14-7(2)18-15-10/h3-4H,5H2,1-2H3,(H,12,16)(H,13,17). The van der Waals surface area contributed by atoms with E-state index in [0.29, 0.717) is 17.4 Å². The van der Waals surface area contributed by atoms with Crippen molar-refractivity contribution in [1.82, 2.24) is 20.4 Å². The van der Waals surface area contributed by atoms with Crippen molar-refractivity contribution in [3.63, 3.8) is 0 Å². The molecular weight excluding hydrogens is 236 g/mol. The Morgan fingerprint density at radius 3 is 2.89 bits per heavy atom. The molecule has 2 rings (SSSR count). The van der Waals surface area contributed by atoms with Crippen LogP contribution in [0.1, 0.15) is 27.8 Å². The smallest absolute Gasteiger partial charge is 0.257 e. The number of nitrogens with one attached hydrogen (secondary N) is 2. The lowest BCUT2D eigenvalue weighted by Gasteiger charge is -2.02. The van der Waals surface area contributed by atoms with Crippen LogP contribution >= 0.6 is 0 Å². The van der Waals surface area contributed by atoms with E-state index in [1.165, 1.54) is 12.3 Å². The van der Waals surface area contributed by atoms with E-state index in [9.17, 15) is 9.59 Å². The molecule has 0 saturated carbocycles. The lowest BCUT2D eigenvalue weighted by Crippen LogP contribution is -2.28. The number of carbonyl (C=O) groups is 1. The topological polar surface area (TPSA) is 101 Å². The minimum Gasteiger partial charge on any atom is -0.364 e. The third-order valence-corrected chi connectivity index (χ3v) is 2.28.